The Labute approximate surface area is 159 Å². The van der Waals surface area contributed by atoms with E-state index in [1.807, 2.05) is 0 Å². The fourth-order valence-corrected chi connectivity index (χ4v) is 2.99. The number of esters is 1. The maximum absolute atomic E-state index is 12.5. The average Bonchev–Trinajstić information content (AvgIpc) is 2.96. The molecule has 0 saturated carbocycles. The SMILES string of the molecule is Cc1onc(-c2ccccc2Cl)c1C(=O)OCc1ccc(Cl)cc1Cl. The summed E-state index contributed by atoms with van der Waals surface area (Å²) in [5, 5.41) is 5.35. The molecular weight excluding hydrogens is 385 g/mol. The molecule has 0 N–H and O–H groups in total. The maximum atomic E-state index is 12.5. The maximum Gasteiger partial charge on any atom is 0.344 e. The van der Waals surface area contributed by atoms with Crippen LogP contribution in [0, 0.1) is 6.92 Å². The van der Waals surface area contributed by atoms with E-state index in [2.05, 4.69) is 5.16 Å². The lowest BCUT2D eigenvalue weighted by Crippen LogP contribution is -2.07. The average molecular weight is 397 g/mol. The van der Waals surface area contributed by atoms with E-state index < -0.39 is 5.97 Å². The summed E-state index contributed by atoms with van der Waals surface area (Å²) in [5.74, 6) is -0.221. The van der Waals surface area contributed by atoms with Gasteiger partial charge in [0, 0.05) is 21.2 Å². The van der Waals surface area contributed by atoms with Crippen LogP contribution in [0.15, 0.2) is 47.0 Å². The van der Waals surface area contributed by atoms with E-state index >= 15 is 0 Å². The second kappa shape index (κ2) is 7.48. The molecule has 0 atom stereocenters. The Morgan fingerprint density at radius 1 is 1.12 bits per heavy atom. The van der Waals surface area contributed by atoms with Crippen LogP contribution in [0.4, 0.5) is 0 Å². The van der Waals surface area contributed by atoms with E-state index in [9.17, 15) is 4.79 Å². The van der Waals surface area contributed by atoms with Crippen molar-refractivity contribution in [3.05, 3.63) is 74.4 Å². The molecule has 1 aromatic heterocycles. The molecule has 0 unspecified atom stereocenters. The van der Waals surface area contributed by atoms with E-state index in [0.29, 0.717) is 37.6 Å². The van der Waals surface area contributed by atoms with Crippen molar-refractivity contribution in [1.82, 2.24) is 5.16 Å². The zero-order valence-corrected chi connectivity index (χ0v) is 15.3. The Hall–Kier alpha value is -2.01. The lowest BCUT2D eigenvalue weighted by Gasteiger charge is -2.08. The number of aromatic nitrogens is 1. The van der Waals surface area contributed by atoms with Gasteiger partial charge in [0.15, 0.2) is 0 Å². The normalized spacial score (nSPS) is 10.7. The van der Waals surface area contributed by atoms with Gasteiger partial charge in [0.1, 0.15) is 23.6 Å². The molecule has 0 bridgehead atoms. The number of aryl methyl sites for hydroxylation is 1. The van der Waals surface area contributed by atoms with Gasteiger partial charge in [-0.2, -0.15) is 0 Å². The van der Waals surface area contributed by atoms with Crippen molar-refractivity contribution in [3.8, 4) is 11.3 Å². The third kappa shape index (κ3) is 3.82. The predicted octanol–water partition coefficient (Wildman–Crippen LogP) is 5.97. The highest BCUT2D eigenvalue weighted by Gasteiger charge is 2.24. The molecule has 128 valence electrons. The zero-order chi connectivity index (χ0) is 18.0. The minimum atomic E-state index is -0.570. The first-order chi connectivity index (χ1) is 12.0. The summed E-state index contributed by atoms with van der Waals surface area (Å²) in [6, 6.07) is 12.0. The summed E-state index contributed by atoms with van der Waals surface area (Å²) in [6.07, 6.45) is 0. The van der Waals surface area contributed by atoms with Crippen LogP contribution in [-0.2, 0) is 11.3 Å². The molecule has 0 aliphatic heterocycles. The van der Waals surface area contributed by atoms with Gasteiger partial charge in [-0.3, -0.25) is 0 Å². The number of halogens is 3. The second-order valence-corrected chi connectivity index (χ2v) is 6.50. The molecule has 2 aromatic carbocycles. The number of carbonyl (C=O) groups is 1. The van der Waals surface area contributed by atoms with Gasteiger partial charge >= 0.3 is 5.97 Å². The third-order valence-electron chi connectivity index (χ3n) is 3.57. The van der Waals surface area contributed by atoms with Crippen molar-refractivity contribution < 1.29 is 14.1 Å². The standard InChI is InChI=1S/C18H12Cl3NO3/c1-10-16(17(22-25-10)13-4-2-3-5-14(13)20)18(23)24-9-11-6-7-12(19)8-15(11)21/h2-8H,9H2,1H3. The van der Waals surface area contributed by atoms with Crippen LogP contribution in [0.5, 0.6) is 0 Å². The molecular formula is C18H12Cl3NO3. The fraction of sp³-hybridized carbons (Fsp3) is 0.111. The molecule has 25 heavy (non-hydrogen) atoms. The van der Waals surface area contributed by atoms with E-state index in [-0.39, 0.29) is 12.2 Å². The summed E-state index contributed by atoms with van der Waals surface area (Å²) < 4.78 is 10.5. The van der Waals surface area contributed by atoms with Crippen molar-refractivity contribution >= 4 is 40.8 Å². The highest BCUT2D eigenvalue weighted by molar-refractivity contribution is 6.35. The zero-order valence-electron chi connectivity index (χ0n) is 13.1. The number of hydrogen-bond acceptors (Lipinski definition) is 4. The first-order valence-electron chi connectivity index (χ1n) is 7.29. The molecule has 7 heteroatoms. The van der Waals surface area contributed by atoms with Gasteiger partial charge in [0.25, 0.3) is 0 Å². The van der Waals surface area contributed by atoms with Gasteiger partial charge in [-0.25, -0.2) is 4.79 Å². The Bertz CT molecular complexity index is 937. The molecule has 1 heterocycles. The summed E-state index contributed by atoms with van der Waals surface area (Å²) in [4.78, 5) is 12.5. The molecule has 3 rings (SSSR count). The lowest BCUT2D eigenvalue weighted by molar-refractivity contribution is 0.0471. The Morgan fingerprint density at radius 3 is 2.60 bits per heavy atom. The van der Waals surface area contributed by atoms with Gasteiger partial charge in [-0.1, -0.05) is 64.2 Å². The molecule has 4 nitrogen and oxygen atoms in total. The highest BCUT2D eigenvalue weighted by atomic mass is 35.5. The monoisotopic (exact) mass is 395 g/mol. The van der Waals surface area contributed by atoms with Crippen molar-refractivity contribution in [3.63, 3.8) is 0 Å². The molecule has 0 fully saturated rings. The van der Waals surface area contributed by atoms with Crippen molar-refractivity contribution in [2.24, 2.45) is 0 Å². The summed E-state index contributed by atoms with van der Waals surface area (Å²) >= 11 is 18.1. The molecule has 0 amide bonds. The molecule has 0 saturated heterocycles. The molecule has 3 aromatic rings. The van der Waals surface area contributed by atoms with Gasteiger partial charge in [0.05, 0.1) is 5.02 Å². The highest BCUT2D eigenvalue weighted by Crippen LogP contribution is 2.31. The topological polar surface area (TPSA) is 52.3 Å². The van der Waals surface area contributed by atoms with E-state index in [1.165, 1.54) is 0 Å². The van der Waals surface area contributed by atoms with Crippen molar-refractivity contribution in [1.29, 1.82) is 0 Å². The van der Waals surface area contributed by atoms with Crippen LogP contribution in [0.25, 0.3) is 11.3 Å². The summed E-state index contributed by atoms with van der Waals surface area (Å²) in [5.41, 5.74) is 1.82. The van der Waals surface area contributed by atoms with E-state index in [1.54, 1.807) is 49.4 Å². The smallest absolute Gasteiger partial charge is 0.344 e. The fourth-order valence-electron chi connectivity index (χ4n) is 2.30. The summed E-state index contributed by atoms with van der Waals surface area (Å²) in [6.45, 7) is 1.64. The molecule has 0 radical (unpaired) electrons. The lowest BCUT2D eigenvalue weighted by atomic mass is 10.1. The van der Waals surface area contributed by atoms with Crippen molar-refractivity contribution in [2.45, 2.75) is 13.5 Å². The number of benzene rings is 2. The number of rotatable bonds is 4. The minimum absolute atomic E-state index is 0.00141. The Morgan fingerprint density at radius 2 is 1.88 bits per heavy atom. The first kappa shape index (κ1) is 17.8. The van der Waals surface area contributed by atoms with Gasteiger partial charge in [-0.05, 0) is 25.1 Å². The van der Waals surface area contributed by atoms with Crippen LogP contribution < -0.4 is 0 Å². The molecule has 0 spiro atoms. The molecule has 0 aliphatic carbocycles. The van der Waals surface area contributed by atoms with E-state index in [4.69, 9.17) is 44.1 Å². The number of ether oxygens (including phenoxy) is 1. The first-order valence-corrected chi connectivity index (χ1v) is 8.43. The second-order valence-electron chi connectivity index (χ2n) is 5.25. The third-order valence-corrected chi connectivity index (χ3v) is 4.49. The number of hydrogen-bond donors (Lipinski definition) is 0. The largest absolute Gasteiger partial charge is 0.457 e. The van der Waals surface area contributed by atoms with Crippen molar-refractivity contribution in [2.75, 3.05) is 0 Å². The van der Waals surface area contributed by atoms with Crippen LogP contribution in [0.2, 0.25) is 15.1 Å². The van der Waals surface area contributed by atoms with Crippen LogP contribution in [0.1, 0.15) is 21.7 Å². The van der Waals surface area contributed by atoms with E-state index in [0.717, 1.165) is 0 Å². The number of carbonyl (C=O) groups excluding carboxylic acids is 1. The van der Waals surface area contributed by atoms with Crippen LogP contribution in [0.3, 0.4) is 0 Å². The van der Waals surface area contributed by atoms with Gasteiger partial charge in [0.2, 0.25) is 0 Å². The predicted molar refractivity (Wildman–Crippen MR) is 97.3 cm³/mol. The Kier molecular flexibility index (Phi) is 5.33. The van der Waals surface area contributed by atoms with Gasteiger partial charge in [-0.15, -0.1) is 0 Å². The van der Waals surface area contributed by atoms with Crippen LogP contribution in [-0.4, -0.2) is 11.1 Å². The number of nitrogens with zero attached hydrogens (tertiary/aromatic N) is 1. The van der Waals surface area contributed by atoms with Gasteiger partial charge < -0.3 is 9.26 Å². The quantitative estimate of drug-likeness (QED) is 0.510. The molecule has 0 aliphatic rings. The van der Waals surface area contributed by atoms with Crippen LogP contribution >= 0.6 is 34.8 Å². The minimum Gasteiger partial charge on any atom is -0.457 e. The Balaban J connectivity index is 1.86. The summed E-state index contributed by atoms with van der Waals surface area (Å²) in [7, 11) is 0.